The number of hydrogen-bond acceptors (Lipinski definition) is 1. The van der Waals surface area contributed by atoms with Gasteiger partial charge in [0.25, 0.3) is 0 Å². The molecule has 1 N–H and O–H groups in total. The van der Waals surface area contributed by atoms with Crippen molar-refractivity contribution < 1.29 is 0 Å². The topological polar surface area (TPSA) is 12.0 Å². The van der Waals surface area contributed by atoms with E-state index in [9.17, 15) is 0 Å². The lowest BCUT2D eigenvalue weighted by Crippen LogP contribution is -1.97. The fraction of sp³-hybridized carbons (Fsp3) is 0.200. The molecule has 0 amide bonds. The van der Waals surface area contributed by atoms with E-state index in [1.807, 2.05) is 18.2 Å². The minimum atomic E-state index is 1.06. The van der Waals surface area contributed by atoms with Crippen LogP contribution in [-0.2, 0) is 6.42 Å². The smallest absolute Gasteiger partial charge is 0.0419 e. The lowest BCUT2D eigenvalue weighted by molar-refractivity contribution is 1.11. The van der Waals surface area contributed by atoms with Gasteiger partial charge in [0.1, 0.15) is 0 Å². The van der Waals surface area contributed by atoms with Gasteiger partial charge in [-0.05, 0) is 42.7 Å². The van der Waals surface area contributed by atoms with Crippen molar-refractivity contribution in [3.05, 3.63) is 59.7 Å². The molecular weight excluding hydrogens is 194 g/mol. The zero-order chi connectivity index (χ0) is 11.4. The van der Waals surface area contributed by atoms with Crippen molar-refractivity contribution in [2.45, 2.75) is 20.3 Å². The van der Waals surface area contributed by atoms with E-state index in [0.717, 1.165) is 12.1 Å². The van der Waals surface area contributed by atoms with Crippen molar-refractivity contribution in [2.75, 3.05) is 5.32 Å². The van der Waals surface area contributed by atoms with Crippen LogP contribution < -0.4 is 5.32 Å². The Morgan fingerprint density at radius 3 is 2.38 bits per heavy atom. The van der Waals surface area contributed by atoms with Crippen LogP contribution in [0.4, 0.5) is 11.4 Å². The maximum absolute atomic E-state index is 3.46. The molecule has 0 fully saturated rings. The van der Waals surface area contributed by atoms with Gasteiger partial charge in [-0.2, -0.15) is 0 Å². The first-order valence-corrected chi connectivity index (χ1v) is 5.72. The number of aryl methyl sites for hydroxylation is 1. The average Bonchev–Trinajstić information content (AvgIpc) is 2.31. The number of para-hydroxylation sites is 1. The minimum Gasteiger partial charge on any atom is -0.355 e. The Morgan fingerprint density at radius 2 is 1.69 bits per heavy atom. The number of anilines is 2. The van der Waals surface area contributed by atoms with Crippen LogP contribution in [0.15, 0.2) is 48.5 Å². The van der Waals surface area contributed by atoms with E-state index in [1.165, 1.54) is 16.8 Å². The molecule has 0 unspecified atom stereocenters. The third-order valence-electron chi connectivity index (χ3n) is 2.82. The summed E-state index contributed by atoms with van der Waals surface area (Å²) in [6, 6.07) is 16.7. The summed E-state index contributed by atoms with van der Waals surface area (Å²) >= 11 is 0. The molecule has 2 rings (SSSR count). The monoisotopic (exact) mass is 211 g/mol. The summed E-state index contributed by atoms with van der Waals surface area (Å²) in [6.45, 7) is 4.35. The average molecular weight is 211 g/mol. The molecule has 0 spiro atoms. The summed E-state index contributed by atoms with van der Waals surface area (Å²) in [5.74, 6) is 0. The highest BCUT2D eigenvalue weighted by molar-refractivity contribution is 5.64. The third-order valence-corrected chi connectivity index (χ3v) is 2.82. The number of rotatable bonds is 3. The van der Waals surface area contributed by atoms with Crippen LogP contribution in [0.25, 0.3) is 0 Å². The van der Waals surface area contributed by atoms with Crippen molar-refractivity contribution in [3.8, 4) is 0 Å². The zero-order valence-corrected chi connectivity index (χ0v) is 9.83. The highest BCUT2D eigenvalue weighted by Gasteiger charge is 2.02. The molecule has 0 aliphatic heterocycles. The fourth-order valence-corrected chi connectivity index (χ4v) is 1.97. The maximum Gasteiger partial charge on any atom is 0.0419 e. The predicted octanol–water partition coefficient (Wildman–Crippen LogP) is 4.30. The van der Waals surface area contributed by atoms with Gasteiger partial charge in [-0.1, -0.05) is 37.3 Å². The molecule has 0 saturated heterocycles. The van der Waals surface area contributed by atoms with Crippen LogP contribution >= 0.6 is 0 Å². The van der Waals surface area contributed by atoms with Crippen LogP contribution in [0.2, 0.25) is 0 Å². The molecule has 0 atom stereocenters. The summed E-state index contributed by atoms with van der Waals surface area (Å²) in [6.07, 6.45) is 1.06. The van der Waals surface area contributed by atoms with Crippen LogP contribution in [-0.4, -0.2) is 0 Å². The fourth-order valence-electron chi connectivity index (χ4n) is 1.97. The Hall–Kier alpha value is -1.76. The van der Waals surface area contributed by atoms with Crippen molar-refractivity contribution in [3.63, 3.8) is 0 Å². The van der Waals surface area contributed by atoms with E-state index in [-0.39, 0.29) is 0 Å². The largest absolute Gasteiger partial charge is 0.355 e. The molecule has 0 aromatic heterocycles. The van der Waals surface area contributed by atoms with Crippen LogP contribution in [0.3, 0.4) is 0 Å². The maximum atomic E-state index is 3.46. The van der Waals surface area contributed by atoms with Gasteiger partial charge in [-0.15, -0.1) is 0 Å². The molecule has 1 nitrogen and oxygen atoms in total. The molecule has 0 bridgehead atoms. The van der Waals surface area contributed by atoms with Crippen LogP contribution in [0.5, 0.6) is 0 Å². The number of nitrogens with one attached hydrogen (secondary N) is 1. The van der Waals surface area contributed by atoms with E-state index in [2.05, 4.69) is 49.5 Å². The molecule has 16 heavy (non-hydrogen) atoms. The van der Waals surface area contributed by atoms with E-state index in [4.69, 9.17) is 0 Å². The van der Waals surface area contributed by atoms with Crippen molar-refractivity contribution in [1.82, 2.24) is 0 Å². The first-order chi connectivity index (χ1) is 7.81. The number of hydrogen-bond donors (Lipinski definition) is 1. The summed E-state index contributed by atoms with van der Waals surface area (Å²) in [4.78, 5) is 0. The second kappa shape index (κ2) is 4.84. The molecule has 82 valence electrons. The Labute approximate surface area is 97.1 Å². The molecule has 0 heterocycles. The summed E-state index contributed by atoms with van der Waals surface area (Å²) < 4.78 is 0. The van der Waals surface area contributed by atoms with Gasteiger partial charge in [0.05, 0.1) is 0 Å². The summed E-state index contributed by atoms with van der Waals surface area (Å²) in [5, 5.41) is 3.46. The van der Waals surface area contributed by atoms with Gasteiger partial charge in [0.15, 0.2) is 0 Å². The second-order valence-corrected chi connectivity index (χ2v) is 3.95. The highest BCUT2D eigenvalue weighted by atomic mass is 14.9. The minimum absolute atomic E-state index is 1.06. The zero-order valence-electron chi connectivity index (χ0n) is 9.83. The van der Waals surface area contributed by atoms with Crippen molar-refractivity contribution in [2.24, 2.45) is 0 Å². The standard InChI is InChI=1S/C15H17N/c1-3-14-12(2)8-7-11-15(14)16-13-9-5-4-6-10-13/h4-11,16H,3H2,1-2H3. The van der Waals surface area contributed by atoms with Crippen molar-refractivity contribution >= 4 is 11.4 Å². The molecular formula is C15H17N. The first kappa shape index (κ1) is 10.7. The van der Waals surface area contributed by atoms with Gasteiger partial charge in [-0.3, -0.25) is 0 Å². The van der Waals surface area contributed by atoms with E-state index < -0.39 is 0 Å². The molecule has 2 aromatic carbocycles. The molecule has 1 heteroatoms. The Kier molecular flexibility index (Phi) is 3.25. The Bertz CT molecular complexity index is 460. The van der Waals surface area contributed by atoms with Gasteiger partial charge in [-0.25, -0.2) is 0 Å². The molecule has 0 radical (unpaired) electrons. The Balaban J connectivity index is 2.31. The van der Waals surface area contributed by atoms with Crippen molar-refractivity contribution in [1.29, 1.82) is 0 Å². The normalized spacial score (nSPS) is 10.1. The first-order valence-electron chi connectivity index (χ1n) is 5.72. The summed E-state index contributed by atoms with van der Waals surface area (Å²) in [5.41, 5.74) is 5.10. The quantitative estimate of drug-likeness (QED) is 0.798. The van der Waals surface area contributed by atoms with Gasteiger partial charge >= 0.3 is 0 Å². The number of benzene rings is 2. The molecule has 0 aliphatic carbocycles. The van der Waals surface area contributed by atoms with E-state index in [0.29, 0.717) is 0 Å². The molecule has 0 saturated carbocycles. The summed E-state index contributed by atoms with van der Waals surface area (Å²) in [7, 11) is 0. The molecule has 0 aliphatic rings. The van der Waals surface area contributed by atoms with E-state index >= 15 is 0 Å². The lowest BCUT2D eigenvalue weighted by Gasteiger charge is -2.13. The van der Waals surface area contributed by atoms with Crippen LogP contribution in [0.1, 0.15) is 18.1 Å². The van der Waals surface area contributed by atoms with E-state index in [1.54, 1.807) is 0 Å². The van der Waals surface area contributed by atoms with Crippen LogP contribution in [0, 0.1) is 6.92 Å². The molecule has 2 aromatic rings. The second-order valence-electron chi connectivity index (χ2n) is 3.95. The Morgan fingerprint density at radius 1 is 0.938 bits per heavy atom. The third kappa shape index (κ3) is 2.25. The SMILES string of the molecule is CCc1c(C)cccc1Nc1ccccc1. The van der Waals surface area contributed by atoms with Gasteiger partial charge < -0.3 is 5.32 Å². The lowest BCUT2D eigenvalue weighted by atomic mass is 10.0. The van der Waals surface area contributed by atoms with Gasteiger partial charge in [0, 0.05) is 11.4 Å². The predicted molar refractivity (Wildman–Crippen MR) is 70.3 cm³/mol. The highest BCUT2D eigenvalue weighted by Crippen LogP contribution is 2.23. The van der Waals surface area contributed by atoms with Gasteiger partial charge in [0.2, 0.25) is 0 Å².